The summed E-state index contributed by atoms with van der Waals surface area (Å²) in [4.78, 5) is 0. The van der Waals surface area contributed by atoms with Gasteiger partial charge < -0.3 is 14.6 Å². The van der Waals surface area contributed by atoms with Crippen LogP contribution in [0.1, 0.15) is 12.0 Å². The molecule has 1 rings (SSSR count). The number of aliphatic hydroxyl groups is 1. The first-order valence-electron chi connectivity index (χ1n) is 5.21. The average molecular weight is 222 g/mol. The van der Waals surface area contributed by atoms with Crippen molar-refractivity contribution in [2.45, 2.75) is 18.9 Å². The first kappa shape index (κ1) is 12.6. The van der Waals surface area contributed by atoms with Gasteiger partial charge in [0.25, 0.3) is 0 Å². The normalized spacial score (nSPS) is 11.9. The van der Waals surface area contributed by atoms with Crippen LogP contribution in [0.25, 0.3) is 0 Å². The summed E-state index contributed by atoms with van der Waals surface area (Å²) < 4.78 is 10.3. The molecule has 0 amide bonds. The summed E-state index contributed by atoms with van der Waals surface area (Å²) in [7, 11) is 3.20. The molecule has 0 saturated carbocycles. The van der Waals surface area contributed by atoms with Gasteiger partial charge in [-0.25, -0.2) is 0 Å². The monoisotopic (exact) mass is 222 g/mol. The molecule has 0 saturated heterocycles. The number of hydrogen-bond donors (Lipinski definition) is 1. The van der Waals surface area contributed by atoms with Crippen LogP contribution in [0, 0.1) is 0 Å². The molecule has 0 aliphatic rings. The van der Waals surface area contributed by atoms with Crippen molar-refractivity contribution in [2.75, 3.05) is 14.2 Å². The van der Waals surface area contributed by atoms with Crippen LogP contribution >= 0.6 is 0 Å². The van der Waals surface area contributed by atoms with Crippen LogP contribution in [-0.2, 0) is 6.42 Å². The number of aliphatic hydroxyl groups excluding tert-OH is 1. The Kier molecular flexibility index (Phi) is 4.86. The van der Waals surface area contributed by atoms with Crippen LogP contribution in [0.3, 0.4) is 0 Å². The second-order valence-corrected chi connectivity index (χ2v) is 3.57. The Labute approximate surface area is 96.3 Å². The standard InChI is InChI=1S/C13H18O3/c1-4-5-11(14)8-10-6-7-12(15-2)13(9-10)16-3/h4,6-7,9,11,14H,1,5,8H2,2-3H3. The largest absolute Gasteiger partial charge is 0.493 e. The maximum absolute atomic E-state index is 9.65. The molecule has 1 atom stereocenters. The summed E-state index contributed by atoms with van der Waals surface area (Å²) in [5, 5.41) is 9.65. The van der Waals surface area contributed by atoms with Crippen LogP contribution < -0.4 is 9.47 Å². The lowest BCUT2D eigenvalue weighted by atomic mass is 10.1. The number of hydrogen-bond acceptors (Lipinski definition) is 3. The molecule has 0 radical (unpaired) electrons. The van der Waals surface area contributed by atoms with Crippen molar-refractivity contribution in [3.8, 4) is 11.5 Å². The molecule has 3 heteroatoms. The van der Waals surface area contributed by atoms with Crippen molar-refractivity contribution in [1.82, 2.24) is 0 Å². The SMILES string of the molecule is C=CCC(O)Cc1ccc(OC)c(OC)c1. The van der Waals surface area contributed by atoms with Crippen molar-refractivity contribution in [3.05, 3.63) is 36.4 Å². The van der Waals surface area contributed by atoms with E-state index in [4.69, 9.17) is 9.47 Å². The van der Waals surface area contributed by atoms with E-state index in [1.807, 2.05) is 18.2 Å². The zero-order valence-electron chi connectivity index (χ0n) is 9.77. The Morgan fingerprint density at radius 2 is 2.00 bits per heavy atom. The number of methoxy groups -OCH3 is 2. The summed E-state index contributed by atoms with van der Waals surface area (Å²) in [5.74, 6) is 1.38. The zero-order chi connectivity index (χ0) is 12.0. The number of ether oxygens (including phenoxy) is 2. The molecule has 0 aliphatic carbocycles. The van der Waals surface area contributed by atoms with Gasteiger partial charge in [-0.05, 0) is 30.5 Å². The van der Waals surface area contributed by atoms with Gasteiger partial charge in [0, 0.05) is 0 Å². The minimum Gasteiger partial charge on any atom is -0.493 e. The highest BCUT2D eigenvalue weighted by Crippen LogP contribution is 2.28. The van der Waals surface area contributed by atoms with Gasteiger partial charge in [0.05, 0.1) is 20.3 Å². The van der Waals surface area contributed by atoms with Gasteiger partial charge >= 0.3 is 0 Å². The first-order chi connectivity index (χ1) is 7.71. The van der Waals surface area contributed by atoms with Gasteiger partial charge in [0.2, 0.25) is 0 Å². The molecule has 1 N–H and O–H groups in total. The highest BCUT2D eigenvalue weighted by atomic mass is 16.5. The van der Waals surface area contributed by atoms with Crippen molar-refractivity contribution >= 4 is 0 Å². The maximum atomic E-state index is 9.65. The molecular formula is C13H18O3. The molecule has 0 fully saturated rings. The van der Waals surface area contributed by atoms with Crippen molar-refractivity contribution < 1.29 is 14.6 Å². The lowest BCUT2D eigenvalue weighted by Gasteiger charge is -2.11. The highest BCUT2D eigenvalue weighted by molar-refractivity contribution is 5.43. The maximum Gasteiger partial charge on any atom is 0.160 e. The first-order valence-corrected chi connectivity index (χ1v) is 5.21. The van der Waals surface area contributed by atoms with Crippen molar-refractivity contribution in [1.29, 1.82) is 0 Å². The highest BCUT2D eigenvalue weighted by Gasteiger charge is 2.08. The Bertz CT molecular complexity index is 347. The smallest absolute Gasteiger partial charge is 0.160 e. The van der Waals surface area contributed by atoms with E-state index in [0.29, 0.717) is 24.3 Å². The van der Waals surface area contributed by atoms with Gasteiger partial charge in [0.15, 0.2) is 11.5 Å². The zero-order valence-corrected chi connectivity index (χ0v) is 9.77. The molecule has 1 aromatic carbocycles. The van der Waals surface area contributed by atoms with Gasteiger partial charge in [-0.3, -0.25) is 0 Å². The third-order valence-electron chi connectivity index (χ3n) is 2.36. The van der Waals surface area contributed by atoms with Gasteiger partial charge in [-0.2, -0.15) is 0 Å². The van der Waals surface area contributed by atoms with E-state index >= 15 is 0 Å². The molecule has 0 spiro atoms. The summed E-state index contributed by atoms with van der Waals surface area (Å²) in [6.45, 7) is 3.60. The van der Waals surface area contributed by atoms with E-state index in [1.165, 1.54) is 0 Å². The molecule has 0 bridgehead atoms. The summed E-state index contributed by atoms with van der Waals surface area (Å²) >= 11 is 0. The van der Waals surface area contributed by atoms with E-state index < -0.39 is 6.10 Å². The molecule has 0 heterocycles. The molecule has 88 valence electrons. The number of rotatable bonds is 6. The van der Waals surface area contributed by atoms with Crippen LogP contribution in [0.4, 0.5) is 0 Å². The Hall–Kier alpha value is -1.48. The molecular weight excluding hydrogens is 204 g/mol. The predicted octanol–water partition coefficient (Wildman–Crippen LogP) is 2.18. The summed E-state index contributed by atoms with van der Waals surface area (Å²) in [6.07, 6.45) is 2.50. The van der Waals surface area contributed by atoms with Crippen LogP contribution in [0.5, 0.6) is 11.5 Å². The van der Waals surface area contributed by atoms with Crippen LogP contribution in [0.15, 0.2) is 30.9 Å². The fourth-order valence-corrected chi connectivity index (χ4v) is 1.56. The molecule has 3 nitrogen and oxygen atoms in total. The van der Waals surface area contributed by atoms with Gasteiger partial charge in [-0.15, -0.1) is 6.58 Å². The Morgan fingerprint density at radius 1 is 1.31 bits per heavy atom. The quantitative estimate of drug-likeness (QED) is 0.750. The van der Waals surface area contributed by atoms with Gasteiger partial charge in [-0.1, -0.05) is 12.1 Å². The van der Waals surface area contributed by atoms with E-state index in [2.05, 4.69) is 6.58 Å². The molecule has 0 aliphatic heterocycles. The van der Waals surface area contributed by atoms with Crippen molar-refractivity contribution in [2.24, 2.45) is 0 Å². The lowest BCUT2D eigenvalue weighted by Crippen LogP contribution is -2.09. The van der Waals surface area contributed by atoms with Crippen LogP contribution in [0.2, 0.25) is 0 Å². The molecule has 1 aromatic rings. The van der Waals surface area contributed by atoms with E-state index in [0.717, 1.165) is 5.56 Å². The second-order valence-electron chi connectivity index (χ2n) is 3.57. The Morgan fingerprint density at radius 3 is 2.56 bits per heavy atom. The fourth-order valence-electron chi connectivity index (χ4n) is 1.56. The van der Waals surface area contributed by atoms with Gasteiger partial charge in [0.1, 0.15) is 0 Å². The lowest BCUT2D eigenvalue weighted by molar-refractivity contribution is 0.178. The van der Waals surface area contributed by atoms with E-state index in [1.54, 1.807) is 20.3 Å². The number of benzene rings is 1. The van der Waals surface area contributed by atoms with Crippen molar-refractivity contribution in [3.63, 3.8) is 0 Å². The minimum absolute atomic E-state index is 0.393. The minimum atomic E-state index is -0.393. The third kappa shape index (κ3) is 3.28. The Balaban J connectivity index is 2.78. The topological polar surface area (TPSA) is 38.7 Å². The molecule has 0 aromatic heterocycles. The summed E-state index contributed by atoms with van der Waals surface area (Å²) in [5.41, 5.74) is 1.02. The van der Waals surface area contributed by atoms with E-state index in [-0.39, 0.29) is 0 Å². The van der Waals surface area contributed by atoms with E-state index in [9.17, 15) is 5.11 Å². The average Bonchev–Trinajstić information content (AvgIpc) is 2.29. The predicted molar refractivity (Wildman–Crippen MR) is 64.1 cm³/mol. The fraction of sp³-hybridized carbons (Fsp3) is 0.385. The molecule has 1 unspecified atom stereocenters. The van der Waals surface area contributed by atoms with Crippen LogP contribution in [-0.4, -0.2) is 25.4 Å². The molecule has 16 heavy (non-hydrogen) atoms. The summed E-state index contributed by atoms with van der Waals surface area (Å²) in [6, 6.07) is 5.65. The third-order valence-corrected chi connectivity index (χ3v) is 2.36. The second kappa shape index (κ2) is 6.18.